The van der Waals surface area contributed by atoms with Gasteiger partial charge >= 0.3 is 0 Å². The molecule has 1 aliphatic rings. The molecule has 10 nitrogen and oxygen atoms in total. The number of carbonyl (C=O) groups excluding carboxylic acids is 1. The molecule has 0 atom stereocenters. The molecule has 1 fully saturated rings. The van der Waals surface area contributed by atoms with Crippen molar-refractivity contribution < 1.29 is 22.9 Å². The van der Waals surface area contributed by atoms with Gasteiger partial charge < -0.3 is 10.1 Å². The molecule has 0 saturated carbocycles. The number of nitro benzene ring substituents is 1. The fourth-order valence-corrected chi connectivity index (χ4v) is 4.66. The molecule has 1 aromatic carbocycles. The zero-order valence-electron chi connectivity index (χ0n) is 15.0. The van der Waals surface area contributed by atoms with Crippen LogP contribution in [0, 0.1) is 22.2 Å². The van der Waals surface area contributed by atoms with Crippen LogP contribution in [-0.4, -0.2) is 54.6 Å². The van der Waals surface area contributed by atoms with Crippen LogP contribution in [-0.2, 0) is 10.0 Å². The predicted molar refractivity (Wildman–Crippen MR) is 97.9 cm³/mol. The van der Waals surface area contributed by atoms with Gasteiger partial charge in [-0.05, 0) is 12.5 Å². The standard InChI is InChI=1S/C17H18N4O6S/c1-13-2-3-15(21(24)25)12-16(13)28(26,27)20-10-8-18(9-11-20)17(22)14-4-6-19(23)7-5-14/h2-7,12H,8-11H2,1H3. The Morgan fingerprint density at radius 2 is 1.71 bits per heavy atom. The van der Waals surface area contributed by atoms with Gasteiger partial charge in [0, 0.05) is 50.4 Å². The van der Waals surface area contributed by atoms with E-state index in [-0.39, 0.29) is 42.7 Å². The van der Waals surface area contributed by atoms with Crippen LogP contribution in [0.3, 0.4) is 0 Å². The summed E-state index contributed by atoms with van der Waals surface area (Å²) in [5.41, 5.74) is 0.468. The summed E-state index contributed by atoms with van der Waals surface area (Å²) in [7, 11) is -3.92. The summed E-state index contributed by atoms with van der Waals surface area (Å²) in [6.07, 6.45) is 2.44. The van der Waals surface area contributed by atoms with Crippen LogP contribution >= 0.6 is 0 Å². The molecule has 2 heterocycles. The van der Waals surface area contributed by atoms with Crippen LogP contribution in [0.1, 0.15) is 15.9 Å². The van der Waals surface area contributed by atoms with Crippen molar-refractivity contribution in [3.8, 4) is 0 Å². The highest BCUT2D eigenvalue weighted by Crippen LogP contribution is 2.25. The molecule has 1 amide bonds. The number of rotatable bonds is 4. The van der Waals surface area contributed by atoms with Gasteiger partial charge in [0.15, 0.2) is 12.4 Å². The first-order valence-corrected chi connectivity index (χ1v) is 9.87. The summed E-state index contributed by atoms with van der Waals surface area (Å²) >= 11 is 0. The summed E-state index contributed by atoms with van der Waals surface area (Å²) < 4.78 is 27.7. The van der Waals surface area contributed by atoms with Gasteiger partial charge in [0.1, 0.15) is 0 Å². The minimum atomic E-state index is -3.92. The number of amides is 1. The molecule has 0 bridgehead atoms. The number of aromatic nitrogens is 1. The highest BCUT2D eigenvalue weighted by molar-refractivity contribution is 7.89. The number of benzene rings is 1. The Kier molecular flexibility index (Phi) is 5.29. The predicted octanol–water partition coefficient (Wildman–Crippen LogP) is 0.683. The van der Waals surface area contributed by atoms with Crippen LogP contribution < -0.4 is 4.73 Å². The second-order valence-electron chi connectivity index (χ2n) is 6.35. The van der Waals surface area contributed by atoms with Crippen molar-refractivity contribution in [2.75, 3.05) is 26.2 Å². The van der Waals surface area contributed by atoms with E-state index in [4.69, 9.17) is 0 Å². The van der Waals surface area contributed by atoms with Crippen molar-refractivity contribution in [1.29, 1.82) is 0 Å². The van der Waals surface area contributed by atoms with Gasteiger partial charge in [-0.25, -0.2) is 8.42 Å². The third-order valence-electron chi connectivity index (χ3n) is 4.58. The quantitative estimate of drug-likeness (QED) is 0.318. The molecule has 0 N–H and O–H groups in total. The molecular formula is C17H18N4O6S. The molecule has 11 heteroatoms. The third-order valence-corrected chi connectivity index (χ3v) is 6.62. The van der Waals surface area contributed by atoms with Crippen LogP contribution in [0.15, 0.2) is 47.6 Å². The van der Waals surface area contributed by atoms with Crippen molar-refractivity contribution in [3.63, 3.8) is 0 Å². The number of sulfonamides is 1. The molecule has 0 radical (unpaired) electrons. The maximum absolute atomic E-state index is 12.9. The maximum atomic E-state index is 12.9. The topological polar surface area (TPSA) is 128 Å². The van der Waals surface area contributed by atoms with E-state index in [2.05, 4.69) is 0 Å². The summed E-state index contributed by atoms with van der Waals surface area (Å²) in [5.74, 6) is -0.288. The number of hydrogen-bond acceptors (Lipinski definition) is 6. The van der Waals surface area contributed by atoms with Crippen LogP contribution in [0.25, 0.3) is 0 Å². The van der Waals surface area contributed by atoms with E-state index >= 15 is 0 Å². The minimum Gasteiger partial charge on any atom is -0.619 e. The van der Waals surface area contributed by atoms with E-state index in [1.54, 1.807) is 6.92 Å². The lowest BCUT2D eigenvalue weighted by Crippen LogP contribution is -2.50. The molecule has 1 aromatic heterocycles. The number of nitro groups is 1. The maximum Gasteiger partial charge on any atom is 0.270 e. The first-order chi connectivity index (χ1) is 13.2. The van der Waals surface area contributed by atoms with E-state index in [0.717, 1.165) is 6.07 Å². The van der Waals surface area contributed by atoms with Crippen LogP contribution in [0.4, 0.5) is 5.69 Å². The monoisotopic (exact) mass is 406 g/mol. The summed E-state index contributed by atoms with van der Waals surface area (Å²) in [4.78, 5) is 24.2. The Morgan fingerprint density at radius 1 is 1.11 bits per heavy atom. The number of pyridine rings is 1. The normalized spacial score (nSPS) is 15.4. The van der Waals surface area contributed by atoms with Crippen molar-refractivity contribution in [1.82, 2.24) is 9.21 Å². The number of carbonyl (C=O) groups is 1. The Bertz CT molecular complexity index is 1010. The molecule has 1 saturated heterocycles. The lowest BCUT2D eigenvalue weighted by Gasteiger charge is -2.34. The Morgan fingerprint density at radius 3 is 2.29 bits per heavy atom. The highest BCUT2D eigenvalue weighted by Gasteiger charge is 2.32. The van der Waals surface area contributed by atoms with E-state index in [1.807, 2.05) is 0 Å². The average Bonchev–Trinajstić information content (AvgIpc) is 2.68. The summed E-state index contributed by atoms with van der Waals surface area (Å²) in [6, 6.07) is 6.54. The van der Waals surface area contributed by atoms with Crippen molar-refractivity contribution in [2.45, 2.75) is 11.8 Å². The van der Waals surface area contributed by atoms with Gasteiger partial charge in [-0.2, -0.15) is 9.04 Å². The number of piperazine rings is 1. The van der Waals surface area contributed by atoms with Gasteiger partial charge in [-0.15, -0.1) is 0 Å². The van der Waals surface area contributed by atoms with Crippen LogP contribution in [0.2, 0.25) is 0 Å². The fourth-order valence-electron chi connectivity index (χ4n) is 2.99. The molecule has 2 aromatic rings. The lowest BCUT2D eigenvalue weighted by molar-refractivity contribution is -0.605. The van der Waals surface area contributed by atoms with E-state index in [0.29, 0.717) is 15.9 Å². The molecule has 28 heavy (non-hydrogen) atoms. The molecule has 148 valence electrons. The van der Waals surface area contributed by atoms with Crippen molar-refractivity contribution >= 4 is 21.6 Å². The van der Waals surface area contributed by atoms with Crippen molar-refractivity contribution in [3.05, 3.63) is 69.2 Å². The largest absolute Gasteiger partial charge is 0.619 e. The Labute approximate surface area is 161 Å². The SMILES string of the molecule is Cc1ccc([N+](=O)[O-])cc1S(=O)(=O)N1CCN(C(=O)c2cc[n+]([O-])cc2)CC1. The second-order valence-corrected chi connectivity index (χ2v) is 8.26. The zero-order chi connectivity index (χ0) is 20.5. The number of nitrogens with zero attached hydrogens (tertiary/aromatic N) is 4. The van der Waals surface area contributed by atoms with Gasteiger partial charge in [-0.1, -0.05) is 6.07 Å². The molecule has 0 unspecified atom stereocenters. The van der Waals surface area contributed by atoms with E-state index < -0.39 is 14.9 Å². The Hall–Kier alpha value is -3.05. The molecule has 0 spiro atoms. The summed E-state index contributed by atoms with van der Waals surface area (Å²) in [6.45, 7) is 2.08. The number of aryl methyl sites for hydroxylation is 1. The number of hydrogen-bond donors (Lipinski definition) is 0. The average molecular weight is 406 g/mol. The first-order valence-electron chi connectivity index (χ1n) is 8.43. The molecule has 3 rings (SSSR count). The molecule has 0 aliphatic carbocycles. The highest BCUT2D eigenvalue weighted by atomic mass is 32.2. The van der Waals surface area contributed by atoms with Gasteiger partial charge in [-0.3, -0.25) is 14.9 Å². The third kappa shape index (κ3) is 3.80. The minimum absolute atomic E-state index is 0.0740. The van der Waals surface area contributed by atoms with Gasteiger partial charge in [0.2, 0.25) is 10.0 Å². The number of non-ortho nitro benzene ring substituents is 1. The Balaban J connectivity index is 1.75. The smallest absolute Gasteiger partial charge is 0.270 e. The fraction of sp³-hybridized carbons (Fsp3) is 0.294. The first kappa shape index (κ1) is 19.7. The lowest BCUT2D eigenvalue weighted by atomic mass is 10.2. The van der Waals surface area contributed by atoms with Gasteiger partial charge in [0.25, 0.3) is 11.6 Å². The second kappa shape index (κ2) is 7.52. The van der Waals surface area contributed by atoms with E-state index in [1.165, 1.54) is 45.9 Å². The van der Waals surface area contributed by atoms with Crippen molar-refractivity contribution in [2.24, 2.45) is 0 Å². The van der Waals surface area contributed by atoms with Crippen LogP contribution in [0.5, 0.6) is 0 Å². The molecule has 1 aliphatic heterocycles. The van der Waals surface area contributed by atoms with Gasteiger partial charge in [0.05, 0.1) is 15.4 Å². The molecular weight excluding hydrogens is 388 g/mol. The van der Waals surface area contributed by atoms with E-state index in [9.17, 15) is 28.5 Å². The summed E-state index contributed by atoms with van der Waals surface area (Å²) in [5, 5.41) is 22.1. The zero-order valence-corrected chi connectivity index (χ0v) is 15.8.